The van der Waals surface area contributed by atoms with E-state index in [1.807, 2.05) is 0 Å². The highest BCUT2D eigenvalue weighted by Crippen LogP contribution is 2.46. The third kappa shape index (κ3) is 4.87. The van der Waals surface area contributed by atoms with Gasteiger partial charge in [-0.25, -0.2) is 0 Å². The zero-order chi connectivity index (χ0) is 18.0. The van der Waals surface area contributed by atoms with Crippen LogP contribution in [0.2, 0.25) is 0 Å². The molecule has 0 aromatic heterocycles. The van der Waals surface area contributed by atoms with Crippen molar-refractivity contribution in [3.05, 3.63) is 0 Å². The summed E-state index contributed by atoms with van der Waals surface area (Å²) in [6, 6.07) is 0. The van der Waals surface area contributed by atoms with Gasteiger partial charge in [0.1, 0.15) is 9.53 Å². The molecule has 0 radical (unpaired) electrons. The minimum absolute atomic E-state index is 0.283. The molecule has 0 aliphatic rings. The van der Waals surface area contributed by atoms with Crippen LogP contribution in [0.5, 0.6) is 0 Å². The molecular formula is C12H17F6IO3. The lowest BCUT2D eigenvalue weighted by Gasteiger charge is -2.35. The van der Waals surface area contributed by atoms with Crippen molar-refractivity contribution in [3.8, 4) is 0 Å². The quantitative estimate of drug-likeness (QED) is 0.286. The van der Waals surface area contributed by atoms with E-state index in [1.54, 1.807) is 29.5 Å². The van der Waals surface area contributed by atoms with Crippen molar-refractivity contribution in [1.82, 2.24) is 0 Å². The maximum absolute atomic E-state index is 12.6. The molecule has 0 spiro atoms. The second-order valence-electron chi connectivity index (χ2n) is 5.05. The van der Waals surface area contributed by atoms with Crippen LogP contribution in [-0.2, 0) is 9.53 Å². The maximum Gasteiger partial charge on any atom is 0.426 e. The third-order valence-electron chi connectivity index (χ3n) is 3.28. The lowest BCUT2D eigenvalue weighted by atomic mass is 9.93. The summed E-state index contributed by atoms with van der Waals surface area (Å²) in [6.07, 6.45) is -15.4. The molecule has 0 fully saturated rings. The molecule has 0 bridgehead atoms. The molecule has 0 saturated carbocycles. The second-order valence-corrected chi connectivity index (χ2v) is 7.43. The van der Waals surface area contributed by atoms with Gasteiger partial charge in [0.15, 0.2) is 0 Å². The van der Waals surface area contributed by atoms with E-state index < -0.39 is 39.9 Å². The van der Waals surface area contributed by atoms with Gasteiger partial charge in [-0.15, -0.1) is 0 Å². The van der Waals surface area contributed by atoms with Crippen molar-refractivity contribution >= 4 is 28.6 Å². The van der Waals surface area contributed by atoms with Gasteiger partial charge in [0.05, 0.1) is 0 Å². The van der Waals surface area contributed by atoms with E-state index in [4.69, 9.17) is 9.84 Å². The summed E-state index contributed by atoms with van der Waals surface area (Å²) in [5.41, 5.74) is -4.92. The fourth-order valence-corrected chi connectivity index (χ4v) is 1.54. The molecule has 0 aromatic carbocycles. The average molecular weight is 450 g/mol. The number of halogens is 7. The van der Waals surface area contributed by atoms with Crippen molar-refractivity contribution in [1.29, 1.82) is 0 Å². The summed E-state index contributed by atoms with van der Waals surface area (Å²) in [6.45, 7) is 4.33. The normalized spacial score (nSPS) is 17.8. The largest absolute Gasteiger partial charge is 0.461 e. The molecule has 0 rings (SSSR count). The lowest BCUT2D eigenvalue weighted by molar-refractivity contribution is -0.374. The Balaban J connectivity index is 5.32. The first-order valence-corrected chi connectivity index (χ1v) is 7.46. The van der Waals surface area contributed by atoms with E-state index >= 15 is 0 Å². The number of hydrogen-bond donors (Lipinski definition) is 1. The van der Waals surface area contributed by atoms with Gasteiger partial charge < -0.3 is 9.84 Å². The smallest absolute Gasteiger partial charge is 0.426 e. The minimum atomic E-state index is -5.93. The van der Waals surface area contributed by atoms with Gasteiger partial charge in [-0.2, -0.15) is 26.3 Å². The first kappa shape index (κ1) is 21.7. The van der Waals surface area contributed by atoms with Gasteiger partial charge in [-0.05, 0) is 19.8 Å². The molecule has 0 amide bonds. The second kappa shape index (κ2) is 7.10. The number of carbonyl (C=O) groups excluding carboxylic acids is 1. The predicted octanol–water partition coefficient (Wildman–Crippen LogP) is 4.16. The molecule has 10 heteroatoms. The summed E-state index contributed by atoms with van der Waals surface area (Å²) in [4.78, 5) is 11.8. The Morgan fingerprint density at radius 2 is 1.55 bits per heavy atom. The number of aliphatic hydroxyl groups is 1. The fraction of sp³-hybridized carbons (Fsp3) is 0.917. The highest BCUT2D eigenvalue weighted by atomic mass is 127. The Morgan fingerprint density at radius 1 is 1.14 bits per heavy atom. The zero-order valence-corrected chi connectivity index (χ0v) is 14.3. The predicted molar refractivity (Wildman–Crippen MR) is 74.6 cm³/mol. The summed E-state index contributed by atoms with van der Waals surface area (Å²) >= 11 is 1.70. The van der Waals surface area contributed by atoms with E-state index in [2.05, 4.69) is 0 Å². The van der Waals surface area contributed by atoms with Crippen molar-refractivity contribution in [2.45, 2.75) is 67.5 Å². The third-order valence-corrected chi connectivity index (χ3v) is 4.48. The van der Waals surface area contributed by atoms with Crippen LogP contribution in [0.1, 0.15) is 40.0 Å². The van der Waals surface area contributed by atoms with Gasteiger partial charge in [0.2, 0.25) is 0 Å². The number of hydrogen-bond acceptors (Lipinski definition) is 3. The Morgan fingerprint density at radius 3 is 1.82 bits per heavy atom. The SMILES string of the molecule is CCC(CC(O)(C(F)(F)F)C(F)(F)F)OC(=O)C(C)(I)CC. The number of esters is 1. The monoisotopic (exact) mass is 450 g/mol. The molecule has 22 heavy (non-hydrogen) atoms. The van der Waals surface area contributed by atoms with E-state index in [0.717, 1.165) is 0 Å². The fourth-order valence-electron chi connectivity index (χ4n) is 1.41. The molecule has 2 unspecified atom stereocenters. The van der Waals surface area contributed by atoms with Crippen LogP contribution in [0.15, 0.2) is 0 Å². The minimum Gasteiger partial charge on any atom is -0.461 e. The molecule has 132 valence electrons. The van der Waals surface area contributed by atoms with Crippen LogP contribution in [0.4, 0.5) is 26.3 Å². The van der Waals surface area contributed by atoms with Gasteiger partial charge in [-0.1, -0.05) is 36.4 Å². The van der Waals surface area contributed by atoms with Crippen LogP contribution < -0.4 is 0 Å². The van der Waals surface area contributed by atoms with Crippen molar-refractivity contribution in [3.63, 3.8) is 0 Å². The average Bonchev–Trinajstić information content (AvgIpc) is 2.34. The topological polar surface area (TPSA) is 46.5 Å². The molecule has 0 aliphatic heterocycles. The number of rotatable bonds is 6. The molecule has 3 nitrogen and oxygen atoms in total. The van der Waals surface area contributed by atoms with Crippen LogP contribution in [0, 0.1) is 0 Å². The standard InChI is InChI=1S/C12H17F6IO3/c1-4-7(22-8(20)9(3,19)5-2)6-10(21,11(13,14)15)12(16,17)18/h7,21H,4-6H2,1-3H3. The first-order valence-electron chi connectivity index (χ1n) is 6.38. The highest BCUT2D eigenvalue weighted by Gasteiger charge is 2.70. The van der Waals surface area contributed by atoms with Crippen LogP contribution >= 0.6 is 22.6 Å². The molecule has 0 aliphatic carbocycles. The van der Waals surface area contributed by atoms with Crippen molar-refractivity contribution < 1.29 is 41.0 Å². The summed E-state index contributed by atoms with van der Waals surface area (Å²) in [7, 11) is 0. The molecule has 1 N–H and O–H groups in total. The number of ether oxygens (including phenoxy) is 1. The summed E-state index contributed by atoms with van der Waals surface area (Å²) < 4.78 is 79.4. The summed E-state index contributed by atoms with van der Waals surface area (Å²) in [5, 5.41) is 9.12. The van der Waals surface area contributed by atoms with Crippen LogP contribution in [-0.4, -0.2) is 38.6 Å². The molecule has 0 saturated heterocycles. The summed E-state index contributed by atoms with van der Waals surface area (Å²) in [5.74, 6) is -0.922. The van der Waals surface area contributed by atoms with E-state index in [1.165, 1.54) is 13.8 Å². The highest BCUT2D eigenvalue weighted by molar-refractivity contribution is 14.1. The van der Waals surface area contributed by atoms with E-state index in [9.17, 15) is 31.1 Å². The Bertz CT molecular complexity index is 377. The molecule has 0 aromatic rings. The van der Waals surface area contributed by atoms with Crippen molar-refractivity contribution in [2.24, 2.45) is 0 Å². The van der Waals surface area contributed by atoms with Gasteiger partial charge in [0, 0.05) is 6.42 Å². The van der Waals surface area contributed by atoms with Gasteiger partial charge in [0.25, 0.3) is 5.60 Å². The van der Waals surface area contributed by atoms with E-state index in [-0.39, 0.29) is 12.8 Å². The number of alkyl halides is 7. The van der Waals surface area contributed by atoms with Crippen LogP contribution in [0.3, 0.4) is 0 Å². The van der Waals surface area contributed by atoms with Gasteiger partial charge >= 0.3 is 18.3 Å². The lowest BCUT2D eigenvalue weighted by Crippen LogP contribution is -2.58. The molecule has 2 atom stereocenters. The Kier molecular flexibility index (Phi) is 7.02. The van der Waals surface area contributed by atoms with E-state index in [0.29, 0.717) is 0 Å². The molecule has 0 heterocycles. The van der Waals surface area contributed by atoms with Crippen molar-refractivity contribution in [2.75, 3.05) is 0 Å². The zero-order valence-electron chi connectivity index (χ0n) is 12.1. The Labute approximate surface area is 137 Å². The molecular weight excluding hydrogens is 433 g/mol. The first-order chi connectivity index (χ1) is 9.62. The maximum atomic E-state index is 12.6. The number of carbonyl (C=O) groups is 1. The Hall–Kier alpha value is -0.260. The van der Waals surface area contributed by atoms with Crippen LogP contribution in [0.25, 0.3) is 0 Å². The van der Waals surface area contributed by atoms with Gasteiger partial charge in [-0.3, -0.25) is 4.79 Å².